The molecule has 2 aromatic rings. The van der Waals surface area contributed by atoms with Crippen molar-refractivity contribution in [2.45, 2.75) is 0 Å². The van der Waals surface area contributed by atoms with Gasteiger partial charge in [0.25, 0.3) is 0 Å². The first kappa shape index (κ1) is 18.6. The van der Waals surface area contributed by atoms with Gasteiger partial charge in [-0.1, -0.05) is 17.7 Å². The Kier molecular flexibility index (Phi) is 6.66. The van der Waals surface area contributed by atoms with Crippen LogP contribution in [0.4, 0.5) is 0 Å². The molecule has 0 aliphatic carbocycles. The Bertz CT molecular complexity index is 792. The van der Waals surface area contributed by atoms with E-state index < -0.39 is 0 Å². The van der Waals surface area contributed by atoms with Crippen LogP contribution in [0, 0.1) is 0 Å². The molecule has 0 heterocycles. The molecule has 0 amide bonds. The molecule has 0 saturated carbocycles. The number of hydrogen-bond acceptors (Lipinski definition) is 4. The summed E-state index contributed by atoms with van der Waals surface area (Å²) in [5.41, 5.74) is 1.29. The van der Waals surface area contributed by atoms with Crippen LogP contribution >= 0.6 is 11.6 Å². The molecule has 4 nitrogen and oxygen atoms in total. The van der Waals surface area contributed by atoms with E-state index in [4.69, 9.17) is 25.8 Å². The SMILES string of the molecule is COc1ccc(C(=O)/C=C/C=C(\Cl)c2ccc(OC)cc2OC)cc1. The van der Waals surface area contributed by atoms with Crippen molar-refractivity contribution in [2.24, 2.45) is 0 Å². The summed E-state index contributed by atoms with van der Waals surface area (Å²) >= 11 is 6.32. The molecule has 0 fully saturated rings. The van der Waals surface area contributed by atoms with Crippen molar-refractivity contribution >= 4 is 22.4 Å². The van der Waals surface area contributed by atoms with Gasteiger partial charge in [-0.2, -0.15) is 0 Å². The second-order valence-electron chi connectivity index (χ2n) is 5.03. The lowest BCUT2D eigenvalue weighted by atomic mass is 10.1. The zero-order valence-corrected chi connectivity index (χ0v) is 15.0. The summed E-state index contributed by atoms with van der Waals surface area (Å²) in [5.74, 6) is 1.85. The van der Waals surface area contributed by atoms with Crippen LogP contribution in [0.3, 0.4) is 0 Å². The van der Waals surface area contributed by atoms with Gasteiger partial charge in [-0.15, -0.1) is 0 Å². The van der Waals surface area contributed by atoms with Crippen molar-refractivity contribution in [3.63, 3.8) is 0 Å². The fourth-order valence-electron chi connectivity index (χ4n) is 2.16. The van der Waals surface area contributed by atoms with Crippen LogP contribution in [0.15, 0.2) is 60.7 Å². The minimum absolute atomic E-state index is 0.120. The van der Waals surface area contributed by atoms with Gasteiger partial charge >= 0.3 is 0 Å². The van der Waals surface area contributed by atoms with E-state index in [9.17, 15) is 4.79 Å². The van der Waals surface area contributed by atoms with Crippen LogP contribution in [-0.4, -0.2) is 27.1 Å². The molecule has 2 aromatic carbocycles. The zero-order chi connectivity index (χ0) is 18.2. The topological polar surface area (TPSA) is 44.8 Å². The highest BCUT2D eigenvalue weighted by atomic mass is 35.5. The quantitative estimate of drug-likeness (QED) is 0.407. The molecular weight excluding hydrogens is 340 g/mol. The minimum Gasteiger partial charge on any atom is -0.497 e. The molecule has 0 aromatic heterocycles. The molecule has 0 aliphatic heterocycles. The Labute approximate surface area is 152 Å². The Hall–Kier alpha value is -2.72. The highest BCUT2D eigenvalue weighted by Crippen LogP contribution is 2.32. The molecule has 0 bridgehead atoms. The fourth-order valence-corrected chi connectivity index (χ4v) is 2.39. The summed E-state index contributed by atoms with van der Waals surface area (Å²) in [6.07, 6.45) is 4.71. The maximum absolute atomic E-state index is 12.1. The molecule has 5 heteroatoms. The van der Waals surface area contributed by atoms with Crippen molar-refractivity contribution in [1.29, 1.82) is 0 Å². The van der Waals surface area contributed by atoms with E-state index in [1.165, 1.54) is 6.08 Å². The van der Waals surface area contributed by atoms with Gasteiger partial charge < -0.3 is 14.2 Å². The summed E-state index contributed by atoms with van der Waals surface area (Å²) in [4.78, 5) is 12.1. The van der Waals surface area contributed by atoms with Gasteiger partial charge in [0.2, 0.25) is 0 Å². The van der Waals surface area contributed by atoms with Crippen molar-refractivity contribution in [2.75, 3.05) is 21.3 Å². The first-order chi connectivity index (χ1) is 12.1. The van der Waals surface area contributed by atoms with Crippen molar-refractivity contribution in [1.82, 2.24) is 0 Å². The lowest BCUT2D eigenvalue weighted by molar-refractivity contribution is 0.104. The summed E-state index contributed by atoms with van der Waals surface area (Å²) in [6.45, 7) is 0. The van der Waals surface area contributed by atoms with Crippen LogP contribution in [0.5, 0.6) is 17.2 Å². The van der Waals surface area contributed by atoms with E-state index >= 15 is 0 Å². The third kappa shape index (κ3) is 4.88. The van der Waals surface area contributed by atoms with Crippen LogP contribution < -0.4 is 14.2 Å². The van der Waals surface area contributed by atoms with Crippen LogP contribution in [0.25, 0.3) is 5.03 Å². The number of allylic oxidation sites excluding steroid dienone is 3. The fraction of sp³-hybridized carbons (Fsp3) is 0.150. The molecule has 25 heavy (non-hydrogen) atoms. The summed E-state index contributed by atoms with van der Waals surface area (Å²) in [5, 5.41) is 0.457. The average molecular weight is 359 g/mol. The van der Waals surface area contributed by atoms with Gasteiger partial charge in [0, 0.05) is 17.2 Å². The van der Waals surface area contributed by atoms with Gasteiger partial charge in [-0.05, 0) is 48.6 Å². The van der Waals surface area contributed by atoms with Gasteiger partial charge in [0.05, 0.1) is 26.4 Å². The largest absolute Gasteiger partial charge is 0.497 e. The van der Waals surface area contributed by atoms with Crippen molar-refractivity contribution < 1.29 is 19.0 Å². The Balaban J connectivity index is 2.14. The first-order valence-corrected chi connectivity index (χ1v) is 7.91. The predicted molar refractivity (Wildman–Crippen MR) is 99.8 cm³/mol. The van der Waals surface area contributed by atoms with Crippen LogP contribution in [0.1, 0.15) is 15.9 Å². The Morgan fingerprint density at radius 2 is 1.56 bits per heavy atom. The molecule has 130 valence electrons. The Morgan fingerprint density at radius 1 is 0.920 bits per heavy atom. The molecule has 0 aliphatic rings. The van der Waals surface area contributed by atoms with E-state index in [-0.39, 0.29) is 5.78 Å². The smallest absolute Gasteiger partial charge is 0.185 e. The Morgan fingerprint density at radius 3 is 2.16 bits per heavy atom. The van der Waals surface area contributed by atoms with Gasteiger partial charge in [0.1, 0.15) is 17.2 Å². The monoisotopic (exact) mass is 358 g/mol. The number of carbonyl (C=O) groups excluding carboxylic acids is 1. The van der Waals surface area contributed by atoms with Crippen molar-refractivity contribution in [3.05, 3.63) is 71.8 Å². The molecule has 0 unspecified atom stereocenters. The molecule has 0 spiro atoms. The number of hydrogen-bond donors (Lipinski definition) is 0. The number of benzene rings is 2. The van der Waals surface area contributed by atoms with E-state index in [0.29, 0.717) is 33.4 Å². The second kappa shape index (κ2) is 8.94. The van der Waals surface area contributed by atoms with Gasteiger partial charge in [0.15, 0.2) is 5.78 Å². The summed E-state index contributed by atoms with van der Waals surface area (Å²) in [6, 6.07) is 12.2. The zero-order valence-electron chi connectivity index (χ0n) is 14.3. The van der Waals surface area contributed by atoms with E-state index in [0.717, 1.165) is 0 Å². The number of ketones is 1. The molecular formula is C20H19ClO4. The molecule has 2 rings (SSSR count). The highest BCUT2D eigenvalue weighted by Gasteiger charge is 2.08. The number of ether oxygens (including phenoxy) is 3. The summed E-state index contributed by atoms with van der Waals surface area (Å²) in [7, 11) is 4.72. The maximum atomic E-state index is 12.1. The second-order valence-corrected chi connectivity index (χ2v) is 5.44. The van der Waals surface area contributed by atoms with Gasteiger partial charge in [-0.25, -0.2) is 0 Å². The van der Waals surface area contributed by atoms with E-state index in [1.54, 1.807) is 75.9 Å². The van der Waals surface area contributed by atoms with Crippen LogP contribution in [-0.2, 0) is 0 Å². The van der Waals surface area contributed by atoms with E-state index in [1.807, 2.05) is 0 Å². The summed E-state index contributed by atoms with van der Waals surface area (Å²) < 4.78 is 15.6. The molecule has 0 saturated heterocycles. The minimum atomic E-state index is -0.120. The molecule has 0 radical (unpaired) electrons. The van der Waals surface area contributed by atoms with E-state index in [2.05, 4.69) is 0 Å². The lowest BCUT2D eigenvalue weighted by Gasteiger charge is -2.09. The van der Waals surface area contributed by atoms with Gasteiger partial charge in [-0.3, -0.25) is 4.79 Å². The maximum Gasteiger partial charge on any atom is 0.185 e. The van der Waals surface area contributed by atoms with Crippen LogP contribution in [0.2, 0.25) is 0 Å². The molecule has 0 N–H and O–H groups in total. The third-order valence-corrected chi connectivity index (χ3v) is 3.86. The third-order valence-electron chi connectivity index (χ3n) is 3.53. The number of halogens is 1. The number of methoxy groups -OCH3 is 3. The normalized spacial score (nSPS) is 11.4. The average Bonchev–Trinajstić information content (AvgIpc) is 2.67. The number of carbonyl (C=O) groups is 1. The highest BCUT2D eigenvalue weighted by molar-refractivity contribution is 6.49. The van der Waals surface area contributed by atoms with Crippen molar-refractivity contribution in [3.8, 4) is 17.2 Å². The number of rotatable bonds is 7. The lowest BCUT2D eigenvalue weighted by Crippen LogP contribution is -1.94. The predicted octanol–water partition coefficient (Wildman–Crippen LogP) is 4.73. The standard InChI is InChI=1S/C20H19ClO4/c1-23-15-9-7-14(8-10-15)19(22)6-4-5-18(21)17-12-11-16(24-2)13-20(17)25-3/h4-13H,1-3H3/b6-4+,18-5-. The molecule has 0 atom stereocenters. The first-order valence-electron chi connectivity index (χ1n) is 7.53.